The molecule has 0 saturated carbocycles. The molecule has 1 aromatic carbocycles. The molecule has 0 aromatic heterocycles. The molecule has 0 unspecified atom stereocenters. The van der Waals surface area contributed by atoms with Crippen molar-refractivity contribution in [3.8, 4) is 5.75 Å². The lowest BCUT2D eigenvalue weighted by molar-refractivity contribution is 0.395. The van der Waals surface area contributed by atoms with Gasteiger partial charge < -0.3 is 4.74 Å². The van der Waals surface area contributed by atoms with Gasteiger partial charge in [0.25, 0.3) is 0 Å². The van der Waals surface area contributed by atoms with E-state index in [1.54, 1.807) is 0 Å². The molecule has 8 heteroatoms. The number of methoxy groups -OCH3 is 1. The van der Waals surface area contributed by atoms with Gasteiger partial charge in [-0.25, -0.2) is 0 Å². The van der Waals surface area contributed by atoms with Crippen LogP contribution in [0.2, 0.25) is 0 Å². The normalized spacial score (nSPS) is 10.8. The molecular formula is C7H6BrN2O4S+. The van der Waals surface area contributed by atoms with Crippen molar-refractivity contribution in [2.24, 2.45) is 0 Å². The summed E-state index contributed by atoms with van der Waals surface area (Å²) in [7, 11) is -3.29. The molecule has 0 amide bonds. The van der Waals surface area contributed by atoms with Crippen LogP contribution in [0.15, 0.2) is 21.5 Å². The minimum Gasteiger partial charge on any atom is -0.494 e. The molecule has 0 atom stereocenters. The predicted octanol–water partition coefficient (Wildman–Crippen LogP) is 2.19. The van der Waals surface area contributed by atoms with Crippen LogP contribution in [0.5, 0.6) is 5.75 Å². The molecule has 1 N–H and O–H groups in total. The fourth-order valence-corrected chi connectivity index (χ4v) is 2.47. The van der Waals surface area contributed by atoms with E-state index in [4.69, 9.17) is 14.7 Å². The first-order valence-electron chi connectivity index (χ1n) is 3.61. The van der Waals surface area contributed by atoms with Crippen molar-refractivity contribution in [2.45, 2.75) is 4.90 Å². The molecular weight excluding hydrogens is 288 g/mol. The van der Waals surface area contributed by atoms with Crippen molar-refractivity contribution in [1.29, 1.82) is 5.39 Å². The maximum Gasteiger partial charge on any atom is 0.409 e. The number of halogens is 1. The van der Waals surface area contributed by atoms with Crippen molar-refractivity contribution in [2.75, 3.05) is 7.11 Å². The summed E-state index contributed by atoms with van der Waals surface area (Å²) >= 11 is 3.04. The fraction of sp³-hybridized carbons (Fsp3) is 0.143. The molecule has 0 aliphatic carbocycles. The van der Waals surface area contributed by atoms with Crippen molar-refractivity contribution in [3.63, 3.8) is 0 Å². The van der Waals surface area contributed by atoms with Crippen LogP contribution >= 0.6 is 15.9 Å². The van der Waals surface area contributed by atoms with Gasteiger partial charge in [0.05, 0.1) is 11.6 Å². The van der Waals surface area contributed by atoms with Crippen molar-refractivity contribution < 1.29 is 17.7 Å². The molecule has 0 bridgehead atoms. The lowest BCUT2D eigenvalue weighted by atomic mass is 10.3. The van der Waals surface area contributed by atoms with E-state index < -0.39 is 15.0 Å². The van der Waals surface area contributed by atoms with Gasteiger partial charge in [0.1, 0.15) is 0 Å². The van der Waals surface area contributed by atoms with E-state index in [2.05, 4.69) is 20.9 Å². The summed E-state index contributed by atoms with van der Waals surface area (Å²) in [5.74, 6) is -0.118. The van der Waals surface area contributed by atoms with Crippen LogP contribution in [0.25, 0.3) is 4.98 Å². The van der Waals surface area contributed by atoms with Gasteiger partial charge in [-0.2, -0.15) is 8.42 Å². The number of diazo groups is 1. The average Bonchev–Trinajstić information content (AvgIpc) is 2.15. The molecule has 0 saturated heterocycles. The number of nitrogens with zero attached hydrogens (tertiary/aromatic N) is 2. The highest BCUT2D eigenvalue weighted by Gasteiger charge is 2.31. The molecule has 0 aliphatic heterocycles. The molecule has 15 heavy (non-hydrogen) atoms. The van der Waals surface area contributed by atoms with Crippen molar-refractivity contribution in [3.05, 3.63) is 21.6 Å². The maximum atomic E-state index is 11.0. The molecule has 0 heterocycles. The summed E-state index contributed by atoms with van der Waals surface area (Å²) in [6.07, 6.45) is 0. The van der Waals surface area contributed by atoms with Gasteiger partial charge in [-0.15, -0.1) is 0 Å². The Morgan fingerprint density at radius 3 is 2.53 bits per heavy atom. The Hall–Kier alpha value is -1.17. The van der Waals surface area contributed by atoms with Crippen LogP contribution in [0, 0.1) is 5.39 Å². The average molecular weight is 294 g/mol. The highest BCUT2D eigenvalue weighted by molar-refractivity contribution is 9.10. The summed E-state index contributed by atoms with van der Waals surface area (Å²) in [5.41, 5.74) is -0.294. The largest absolute Gasteiger partial charge is 0.494 e. The third kappa shape index (κ3) is 2.26. The Morgan fingerprint density at radius 1 is 1.53 bits per heavy atom. The summed E-state index contributed by atoms with van der Waals surface area (Å²) in [5, 5.41) is 8.57. The van der Waals surface area contributed by atoms with E-state index >= 15 is 0 Å². The van der Waals surface area contributed by atoms with Gasteiger partial charge in [-0.05, 0) is 22.0 Å². The van der Waals surface area contributed by atoms with E-state index in [9.17, 15) is 8.42 Å². The molecule has 0 radical (unpaired) electrons. The molecule has 0 aliphatic rings. The van der Waals surface area contributed by atoms with Gasteiger partial charge >= 0.3 is 15.8 Å². The van der Waals surface area contributed by atoms with Crippen molar-refractivity contribution >= 4 is 31.7 Å². The second kappa shape index (κ2) is 4.14. The summed E-state index contributed by atoms with van der Waals surface area (Å²) in [6, 6.07) is 2.65. The van der Waals surface area contributed by atoms with E-state index in [0.717, 1.165) is 0 Å². The predicted molar refractivity (Wildman–Crippen MR) is 55.3 cm³/mol. The molecule has 6 nitrogen and oxygen atoms in total. The van der Waals surface area contributed by atoms with Crippen molar-refractivity contribution in [1.82, 2.24) is 0 Å². The molecule has 0 fully saturated rings. The number of hydrogen-bond acceptors (Lipinski definition) is 4. The van der Waals surface area contributed by atoms with Gasteiger partial charge in [-0.3, -0.25) is 4.55 Å². The zero-order valence-electron chi connectivity index (χ0n) is 7.51. The fourth-order valence-electron chi connectivity index (χ4n) is 1.05. The van der Waals surface area contributed by atoms with E-state index in [1.807, 2.05) is 0 Å². The van der Waals surface area contributed by atoms with Crippen LogP contribution in [-0.2, 0) is 10.1 Å². The Balaban J connectivity index is 3.73. The Bertz CT molecular complexity index is 535. The Labute approximate surface area is 94.4 Å². The lowest BCUT2D eigenvalue weighted by Gasteiger charge is -2.04. The van der Waals surface area contributed by atoms with Crippen LogP contribution in [0.4, 0.5) is 5.69 Å². The van der Waals surface area contributed by atoms with Crippen LogP contribution in [-0.4, -0.2) is 20.1 Å². The monoisotopic (exact) mass is 293 g/mol. The number of hydrogen-bond donors (Lipinski definition) is 1. The third-order valence-electron chi connectivity index (χ3n) is 1.61. The second-order valence-corrected chi connectivity index (χ2v) is 4.72. The molecule has 80 valence electrons. The first-order valence-corrected chi connectivity index (χ1v) is 5.84. The summed E-state index contributed by atoms with van der Waals surface area (Å²) in [4.78, 5) is 2.17. The summed E-state index contributed by atoms with van der Waals surface area (Å²) in [6.45, 7) is 0. The topological polar surface area (TPSA) is 91.8 Å². The smallest absolute Gasteiger partial charge is 0.409 e. The minimum atomic E-state index is -4.52. The highest BCUT2D eigenvalue weighted by Crippen LogP contribution is 2.38. The molecule has 1 aromatic rings. The minimum absolute atomic E-state index is 0.118. The number of ether oxygens (including phenoxy) is 1. The highest BCUT2D eigenvalue weighted by atomic mass is 79.9. The number of rotatable bonds is 2. The zero-order chi connectivity index (χ0) is 11.6. The first-order chi connectivity index (χ1) is 6.91. The second-order valence-electron chi connectivity index (χ2n) is 2.50. The quantitative estimate of drug-likeness (QED) is 0.666. The number of benzene rings is 1. The van der Waals surface area contributed by atoms with Gasteiger partial charge in [-0.1, -0.05) is 0 Å². The van der Waals surface area contributed by atoms with E-state index in [-0.39, 0.29) is 11.4 Å². The van der Waals surface area contributed by atoms with Gasteiger partial charge in [0.2, 0.25) is 10.3 Å². The first kappa shape index (κ1) is 11.9. The standard InChI is InChI=1S/C7H5BrN2O4S/c1-14-6-4(8)2-3-5(10-9)7(6)15(11,12)13/h2-3H,1H3/p+1. The van der Waals surface area contributed by atoms with E-state index in [1.165, 1.54) is 19.2 Å². The Morgan fingerprint density at radius 2 is 2.13 bits per heavy atom. The molecule has 1 rings (SSSR count). The van der Waals surface area contributed by atoms with Gasteiger partial charge in [0, 0.05) is 6.07 Å². The summed E-state index contributed by atoms with van der Waals surface area (Å²) < 4.78 is 36.1. The lowest BCUT2D eigenvalue weighted by Crippen LogP contribution is -2.02. The molecule has 0 spiro atoms. The van der Waals surface area contributed by atoms with Crippen LogP contribution < -0.4 is 4.74 Å². The van der Waals surface area contributed by atoms with Gasteiger partial charge in [0.15, 0.2) is 10.7 Å². The van der Waals surface area contributed by atoms with Crippen LogP contribution in [0.1, 0.15) is 0 Å². The van der Waals surface area contributed by atoms with Crippen LogP contribution in [0.3, 0.4) is 0 Å². The third-order valence-corrected chi connectivity index (χ3v) is 3.15. The van der Waals surface area contributed by atoms with E-state index in [0.29, 0.717) is 4.47 Å². The SMILES string of the molecule is COc1c(Br)ccc([N+]#N)c1S(=O)(=O)O. The zero-order valence-corrected chi connectivity index (χ0v) is 9.91. The maximum absolute atomic E-state index is 11.0. The Kier molecular flexibility index (Phi) is 3.28.